The van der Waals surface area contributed by atoms with E-state index in [0.717, 1.165) is 11.1 Å². The molecule has 0 unspecified atom stereocenters. The molecule has 1 aromatic carbocycles. The van der Waals surface area contributed by atoms with Gasteiger partial charge in [0, 0.05) is 12.4 Å². The van der Waals surface area contributed by atoms with Gasteiger partial charge in [0.2, 0.25) is 5.76 Å². The molecule has 0 atom stereocenters. The second-order valence-electron chi connectivity index (χ2n) is 3.51. The van der Waals surface area contributed by atoms with Crippen molar-refractivity contribution in [3.63, 3.8) is 0 Å². The monoisotopic (exact) mass is 223 g/mol. The number of hydrogen-bond donors (Lipinski definition) is 0. The lowest BCUT2D eigenvalue weighted by Gasteiger charge is -1.99. The summed E-state index contributed by atoms with van der Waals surface area (Å²) < 4.78 is 5.23. The van der Waals surface area contributed by atoms with Crippen LogP contribution in [0.4, 0.5) is 0 Å². The Kier molecular flexibility index (Phi) is 2.38. The van der Waals surface area contributed by atoms with Crippen molar-refractivity contribution in [2.45, 2.75) is 0 Å². The normalized spacial score (nSPS) is 10.4. The van der Waals surface area contributed by atoms with Crippen LogP contribution < -0.4 is 0 Å². The molecule has 0 fully saturated rings. The fourth-order valence-corrected chi connectivity index (χ4v) is 1.64. The summed E-state index contributed by atoms with van der Waals surface area (Å²) in [5.41, 5.74) is 1.94. The minimum atomic E-state index is 0.545. The molecule has 0 aliphatic heterocycles. The maximum Gasteiger partial charge on any atom is 0.211 e. The molecule has 0 spiro atoms. The fourth-order valence-electron chi connectivity index (χ4n) is 1.64. The van der Waals surface area contributed by atoms with Gasteiger partial charge in [-0.3, -0.25) is 0 Å². The first-order chi connectivity index (χ1) is 8.45. The summed E-state index contributed by atoms with van der Waals surface area (Å²) in [6.07, 6.45) is 5.04. The van der Waals surface area contributed by atoms with E-state index in [9.17, 15) is 0 Å². The highest BCUT2D eigenvalue weighted by molar-refractivity contribution is 5.75. The molecular formula is C13H9N3O. The molecule has 0 N–H and O–H groups in total. The molecule has 2 heterocycles. The van der Waals surface area contributed by atoms with Crippen LogP contribution in [-0.4, -0.2) is 15.1 Å². The Balaban J connectivity index is 2.13. The van der Waals surface area contributed by atoms with E-state index in [0.29, 0.717) is 11.6 Å². The molecule has 0 amide bonds. The van der Waals surface area contributed by atoms with Crippen LogP contribution in [0, 0.1) is 0 Å². The number of aromatic nitrogens is 3. The fraction of sp³-hybridized carbons (Fsp3) is 0. The third-order valence-electron chi connectivity index (χ3n) is 2.42. The highest BCUT2D eigenvalue weighted by atomic mass is 16.5. The smallest absolute Gasteiger partial charge is 0.211 e. The lowest BCUT2D eigenvalue weighted by Crippen LogP contribution is -1.86. The molecule has 0 saturated carbocycles. The van der Waals surface area contributed by atoms with Crippen molar-refractivity contribution in [3.8, 4) is 22.7 Å². The molecule has 82 valence electrons. The van der Waals surface area contributed by atoms with Crippen molar-refractivity contribution in [3.05, 3.63) is 55.0 Å². The van der Waals surface area contributed by atoms with E-state index < -0.39 is 0 Å². The Bertz CT molecular complexity index is 551. The second kappa shape index (κ2) is 4.17. The van der Waals surface area contributed by atoms with E-state index in [4.69, 9.17) is 4.52 Å². The van der Waals surface area contributed by atoms with E-state index in [2.05, 4.69) is 15.1 Å². The van der Waals surface area contributed by atoms with Crippen molar-refractivity contribution < 1.29 is 4.52 Å². The highest BCUT2D eigenvalue weighted by Gasteiger charge is 2.14. The highest BCUT2D eigenvalue weighted by Crippen LogP contribution is 2.29. The van der Waals surface area contributed by atoms with Crippen LogP contribution in [0.1, 0.15) is 0 Å². The molecule has 4 heteroatoms. The maximum atomic E-state index is 5.23. The van der Waals surface area contributed by atoms with Gasteiger partial charge in [-0.25, -0.2) is 9.97 Å². The second-order valence-corrected chi connectivity index (χ2v) is 3.51. The lowest BCUT2D eigenvalue weighted by molar-refractivity contribution is 0.430. The van der Waals surface area contributed by atoms with Gasteiger partial charge in [-0.05, 0) is 11.6 Å². The third kappa shape index (κ3) is 1.80. The Morgan fingerprint density at radius 3 is 2.41 bits per heavy atom. The lowest BCUT2D eigenvalue weighted by atomic mass is 10.1. The van der Waals surface area contributed by atoms with Gasteiger partial charge in [-0.2, -0.15) is 0 Å². The number of benzene rings is 1. The Labute approximate surface area is 98.0 Å². The largest absolute Gasteiger partial charge is 0.352 e. The summed E-state index contributed by atoms with van der Waals surface area (Å²) in [5.74, 6) is 1.14. The summed E-state index contributed by atoms with van der Waals surface area (Å²) in [4.78, 5) is 8.33. The van der Waals surface area contributed by atoms with Gasteiger partial charge < -0.3 is 4.52 Å². The molecule has 0 radical (unpaired) electrons. The molecule has 0 saturated heterocycles. The molecule has 17 heavy (non-hydrogen) atoms. The number of hydrogen-bond acceptors (Lipinski definition) is 4. The molecule has 0 bridgehead atoms. The summed E-state index contributed by atoms with van der Waals surface area (Å²) in [5, 5.41) is 3.82. The third-order valence-corrected chi connectivity index (χ3v) is 2.42. The van der Waals surface area contributed by atoms with Crippen molar-refractivity contribution in [2.24, 2.45) is 0 Å². The molecule has 0 aliphatic carbocycles. The summed E-state index contributed by atoms with van der Waals surface area (Å²) in [7, 11) is 0. The first-order valence-electron chi connectivity index (χ1n) is 5.22. The predicted octanol–water partition coefficient (Wildman–Crippen LogP) is 2.80. The van der Waals surface area contributed by atoms with E-state index in [-0.39, 0.29) is 0 Å². The van der Waals surface area contributed by atoms with Gasteiger partial charge in [-0.1, -0.05) is 35.5 Å². The van der Waals surface area contributed by atoms with Gasteiger partial charge in [0.25, 0.3) is 0 Å². The summed E-state index contributed by atoms with van der Waals surface area (Å²) >= 11 is 0. The van der Waals surface area contributed by atoms with Crippen LogP contribution in [-0.2, 0) is 0 Å². The van der Waals surface area contributed by atoms with Crippen LogP contribution in [0.25, 0.3) is 22.7 Å². The first kappa shape index (κ1) is 9.72. The zero-order chi connectivity index (χ0) is 11.5. The minimum absolute atomic E-state index is 0.545. The van der Waals surface area contributed by atoms with Crippen LogP contribution in [0.2, 0.25) is 0 Å². The zero-order valence-electron chi connectivity index (χ0n) is 8.95. The number of nitrogens with zero attached hydrogens (tertiary/aromatic N) is 3. The standard InChI is InChI=1S/C13H9N3O/c1-2-5-10(6-3-1)11-9-16-17-12(11)13-14-7-4-8-15-13/h1-9H. The van der Waals surface area contributed by atoms with E-state index >= 15 is 0 Å². The van der Waals surface area contributed by atoms with Crippen molar-refractivity contribution in [1.82, 2.24) is 15.1 Å². The average Bonchev–Trinajstić information content (AvgIpc) is 2.90. The maximum absolute atomic E-state index is 5.23. The molecule has 0 aliphatic rings. The molecule has 4 nitrogen and oxygen atoms in total. The SMILES string of the molecule is c1ccc(-c2cnoc2-c2ncccn2)cc1. The molecule has 3 aromatic rings. The van der Waals surface area contributed by atoms with Gasteiger partial charge in [-0.15, -0.1) is 0 Å². The van der Waals surface area contributed by atoms with Crippen LogP contribution in [0.3, 0.4) is 0 Å². The van der Waals surface area contributed by atoms with Crippen LogP contribution in [0.15, 0.2) is 59.5 Å². The van der Waals surface area contributed by atoms with Gasteiger partial charge >= 0.3 is 0 Å². The predicted molar refractivity (Wildman–Crippen MR) is 63.0 cm³/mol. The average molecular weight is 223 g/mol. The topological polar surface area (TPSA) is 51.8 Å². The van der Waals surface area contributed by atoms with E-state index in [1.807, 2.05) is 30.3 Å². The van der Waals surface area contributed by atoms with Crippen molar-refractivity contribution >= 4 is 0 Å². The van der Waals surface area contributed by atoms with Crippen LogP contribution in [0.5, 0.6) is 0 Å². The molecular weight excluding hydrogens is 214 g/mol. The molecule has 2 aromatic heterocycles. The van der Waals surface area contributed by atoms with Gasteiger partial charge in [0.05, 0.1) is 11.8 Å². The minimum Gasteiger partial charge on any atom is -0.352 e. The molecule has 3 rings (SSSR count). The van der Waals surface area contributed by atoms with Crippen molar-refractivity contribution in [1.29, 1.82) is 0 Å². The van der Waals surface area contributed by atoms with Gasteiger partial charge in [0.15, 0.2) is 5.82 Å². The Morgan fingerprint density at radius 2 is 1.65 bits per heavy atom. The first-order valence-corrected chi connectivity index (χ1v) is 5.22. The number of rotatable bonds is 2. The Morgan fingerprint density at radius 1 is 0.882 bits per heavy atom. The zero-order valence-corrected chi connectivity index (χ0v) is 8.95. The van der Waals surface area contributed by atoms with Gasteiger partial charge in [0.1, 0.15) is 0 Å². The Hall–Kier alpha value is -2.49. The van der Waals surface area contributed by atoms with E-state index in [1.165, 1.54) is 0 Å². The summed E-state index contributed by atoms with van der Waals surface area (Å²) in [6, 6.07) is 11.7. The van der Waals surface area contributed by atoms with E-state index in [1.54, 1.807) is 24.7 Å². The quantitative estimate of drug-likeness (QED) is 0.670. The van der Waals surface area contributed by atoms with Crippen molar-refractivity contribution in [2.75, 3.05) is 0 Å². The summed E-state index contributed by atoms with van der Waals surface area (Å²) in [6.45, 7) is 0. The van der Waals surface area contributed by atoms with Crippen LogP contribution >= 0.6 is 0 Å².